The van der Waals surface area contributed by atoms with Crippen LogP contribution in [0.2, 0.25) is 0 Å². The molecule has 0 radical (unpaired) electrons. The van der Waals surface area contributed by atoms with Crippen LogP contribution in [0.25, 0.3) is 10.8 Å². The second kappa shape index (κ2) is 8.41. The van der Waals surface area contributed by atoms with E-state index in [2.05, 4.69) is 19.8 Å². The van der Waals surface area contributed by atoms with Crippen LogP contribution in [0.15, 0.2) is 47.4 Å². The zero-order valence-electron chi connectivity index (χ0n) is 16.1. The SMILES string of the molecule is N#Cc1ccc(N2CCN(CCCc3cc4ccc(F)cc4c(=O)[nH]3)CC2)cn1. The van der Waals surface area contributed by atoms with Gasteiger partial charge in [0.15, 0.2) is 0 Å². The number of aromatic amines is 1. The molecule has 1 N–H and O–H groups in total. The molecular formula is C22H22FN5O. The Labute approximate surface area is 168 Å². The lowest BCUT2D eigenvalue weighted by Crippen LogP contribution is -2.46. The van der Waals surface area contributed by atoms with E-state index in [0.29, 0.717) is 11.1 Å². The fourth-order valence-electron chi connectivity index (χ4n) is 3.78. The average molecular weight is 391 g/mol. The number of nitrogens with zero attached hydrogens (tertiary/aromatic N) is 4. The van der Waals surface area contributed by atoms with Gasteiger partial charge < -0.3 is 9.88 Å². The molecular weight excluding hydrogens is 369 g/mol. The highest BCUT2D eigenvalue weighted by Gasteiger charge is 2.17. The summed E-state index contributed by atoms with van der Waals surface area (Å²) in [7, 11) is 0. The van der Waals surface area contributed by atoms with E-state index in [0.717, 1.165) is 62.3 Å². The molecule has 1 aliphatic rings. The summed E-state index contributed by atoms with van der Waals surface area (Å²) in [4.78, 5) is 23.9. The van der Waals surface area contributed by atoms with Gasteiger partial charge in [-0.05, 0) is 55.1 Å². The lowest BCUT2D eigenvalue weighted by Gasteiger charge is -2.35. The van der Waals surface area contributed by atoms with Crippen molar-refractivity contribution in [3.8, 4) is 6.07 Å². The molecule has 1 saturated heterocycles. The summed E-state index contributed by atoms with van der Waals surface area (Å²) in [6.45, 7) is 4.74. The van der Waals surface area contributed by atoms with E-state index >= 15 is 0 Å². The number of pyridine rings is 2. The topological polar surface area (TPSA) is 76.0 Å². The van der Waals surface area contributed by atoms with Crippen molar-refractivity contribution in [2.45, 2.75) is 12.8 Å². The summed E-state index contributed by atoms with van der Waals surface area (Å²) in [5.41, 5.74) is 2.14. The van der Waals surface area contributed by atoms with Gasteiger partial charge in [0.2, 0.25) is 0 Å². The van der Waals surface area contributed by atoms with Gasteiger partial charge in [-0.15, -0.1) is 0 Å². The molecule has 3 aromatic rings. The molecule has 0 unspecified atom stereocenters. The molecule has 1 aliphatic heterocycles. The van der Waals surface area contributed by atoms with Crippen molar-refractivity contribution in [3.05, 3.63) is 70.2 Å². The van der Waals surface area contributed by atoms with Crippen molar-refractivity contribution >= 4 is 16.5 Å². The molecule has 6 nitrogen and oxygen atoms in total. The highest BCUT2D eigenvalue weighted by molar-refractivity contribution is 5.81. The number of piperazine rings is 1. The minimum atomic E-state index is -0.397. The second-order valence-electron chi connectivity index (χ2n) is 7.30. The maximum Gasteiger partial charge on any atom is 0.256 e. The third-order valence-corrected chi connectivity index (χ3v) is 5.38. The first kappa shape index (κ1) is 19.1. The number of hydrogen-bond acceptors (Lipinski definition) is 5. The molecule has 4 rings (SSSR count). The van der Waals surface area contributed by atoms with Crippen LogP contribution in [-0.4, -0.2) is 47.6 Å². The first-order valence-electron chi connectivity index (χ1n) is 9.77. The zero-order chi connectivity index (χ0) is 20.2. The van der Waals surface area contributed by atoms with Crippen LogP contribution < -0.4 is 10.5 Å². The van der Waals surface area contributed by atoms with E-state index in [1.165, 1.54) is 12.1 Å². The molecule has 1 fully saturated rings. The van der Waals surface area contributed by atoms with Gasteiger partial charge in [-0.3, -0.25) is 9.69 Å². The first-order valence-corrected chi connectivity index (χ1v) is 9.77. The standard InChI is InChI=1S/C22H22FN5O/c23-17-4-3-16-12-18(26-22(29)21(16)13-17)2-1-7-27-8-10-28(11-9-27)20-6-5-19(14-24)25-15-20/h3-6,12-13,15H,1-2,7-11H2,(H,26,29). The highest BCUT2D eigenvalue weighted by atomic mass is 19.1. The number of rotatable bonds is 5. The average Bonchev–Trinajstić information content (AvgIpc) is 2.75. The second-order valence-corrected chi connectivity index (χ2v) is 7.30. The Morgan fingerprint density at radius 2 is 1.97 bits per heavy atom. The fraction of sp³-hybridized carbons (Fsp3) is 0.318. The maximum atomic E-state index is 13.3. The van der Waals surface area contributed by atoms with Gasteiger partial charge in [-0.2, -0.15) is 5.26 Å². The third kappa shape index (κ3) is 4.44. The summed E-state index contributed by atoms with van der Waals surface area (Å²) in [6, 6.07) is 12.0. The number of aromatic nitrogens is 2. The van der Waals surface area contributed by atoms with Crippen LogP contribution in [0.5, 0.6) is 0 Å². The van der Waals surface area contributed by atoms with Gasteiger partial charge in [0.1, 0.15) is 17.6 Å². The normalized spacial score (nSPS) is 14.8. The van der Waals surface area contributed by atoms with Crippen LogP contribution in [0, 0.1) is 17.1 Å². The third-order valence-electron chi connectivity index (χ3n) is 5.38. The van der Waals surface area contributed by atoms with Crippen molar-refractivity contribution in [1.82, 2.24) is 14.9 Å². The smallest absolute Gasteiger partial charge is 0.256 e. The lowest BCUT2D eigenvalue weighted by atomic mass is 10.1. The summed E-state index contributed by atoms with van der Waals surface area (Å²) >= 11 is 0. The summed E-state index contributed by atoms with van der Waals surface area (Å²) in [5.74, 6) is -0.397. The molecule has 148 valence electrons. The van der Waals surface area contributed by atoms with E-state index in [9.17, 15) is 9.18 Å². The minimum Gasteiger partial charge on any atom is -0.368 e. The molecule has 0 bridgehead atoms. The van der Waals surface area contributed by atoms with Gasteiger partial charge in [0, 0.05) is 37.3 Å². The number of H-pyrrole nitrogens is 1. The van der Waals surface area contributed by atoms with E-state index < -0.39 is 5.82 Å². The van der Waals surface area contributed by atoms with Crippen molar-refractivity contribution in [2.75, 3.05) is 37.6 Å². The predicted octanol–water partition coefficient (Wildman–Crippen LogP) is 2.69. The number of nitriles is 1. The quantitative estimate of drug-likeness (QED) is 0.724. The monoisotopic (exact) mass is 391 g/mol. The number of anilines is 1. The molecule has 1 aromatic carbocycles. The van der Waals surface area contributed by atoms with Crippen molar-refractivity contribution in [1.29, 1.82) is 5.26 Å². The largest absolute Gasteiger partial charge is 0.368 e. The van der Waals surface area contributed by atoms with Crippen LogP contribution in [0.3, 0.4) is 0 Å². The molecule has 29 heavy (non-hydrogen) atoms. The Kier molecular flexibility index (Phi) is 5.54. The Bertz CT molecular complexity index is 1090. The number of fused-ring (bicyclic) bond motifs is 1. The molecule has 0 atom stereocenters. The molecule has 0 amide bonds. The Hall–Kier alpha value is -3.24. The Balaban J connectivity index is 1.28. The number of halogens is 1. The summed E-state index contributed by atoms with van der Waals surface area (Å²) in [6.07, 6.45) is 3.49. The van der Waals surface area contributed by atoms with Crippen LogP contribution >= 0.6 is 0 Å². The van der Waals surface area contributed by atoms with E-state index in [4.69, 9.17) is 5.26 Å². The molecule has 2 aromatic heterocycles. The molecule has 7 heteroatoms. The number of hydrogen-bond donors (Lipinski definition) is 1. The highest BCUT2D eigenvalue weighted by Crippen LogP contribution is 2.16. The van der Waals surface area contributed by atoms with Crippen LogP contribution in [-0.2, 0) is 6.42 Å². The molecule has 3 heterocycles. The Morgan fingerprint density at radius 3 is 2.69 bits per heavy atom. The fourth-order valence-corrected chi connectivity index (χ4v) is 3.78. The van der Waals surface area contributed by atoms with Gasteiger partial charge >= 0.3 is 0 Å². The van der Waals surface area contributed by atoms with Crippen LogP contribution in [0.4, 0.5) is 10.1 Å². The van der Waals surface area contributed by atoms with E-state index in [-0.39, 0.29) is 5.56 Å². The Morgan fingerprint density at radius 1 is 1.14 bits per heavy atom. The van der Waals surface area contributed by atoms with Gasteiger partial charge in [-0.1, -0.05) is 6.07 Å². The first-order chi connectivity index (χ1) is 14.1. The maximum absolute atomic E-state index is 13.3. The van der Waals surface area contributed by atoms with Gasteiger partial charge in [0.25, 0.3) is 5.56 Å². The van der Waals surface area contributed by atoms with Gasteiger partial charge in [0.05, 0.1) is 11.9 Å². The van der Waals surface area contributed by atoms with E-state index in [1.807, 2.05) is 18.2 Å². The zero-order valence-corrected chi connectivity index (χ0v) is 16.1. The number of aryl methyl sites for hydroxylation is 1. The van der Waals surface area contributed by atoms with Gasteiger partial charge in [-0.25, -0.2) is 9.37 Å². The van der Waals surface area contributed by atoms with Crippen molar-refractivity contribution in [2.24, 2.45) is 0 Å². The minimum absolute atomic E-state index is 0.235. The van der Waals surface area contributed by atoms with Crippen molar-refractivity contribution < 1.29 is 4.39 Å². The molecule has 0 aliphatic carbocycles. The lowest BCUT2D eigenvalue weighted by molar-refractivity contribution is 0.255. The van der Waals surface area contributed by atoms with Crippen molar-refractivity contribution in [3.63, 3.8) is 0 Å². The summed E-state index contributed by atoms with van der Waals surface area (Å²) in [5, 5.41) is 10.0. The van der Waals surface area contributed by atoms with Crippen LogP contribution in [0.1, 0.15) is 17.8 Å². The molecule has 0 saturated carbocycles. The molecule has 0 spiro atoms. The summed E-state index contributed by atoms with van der Waals surface area (Å²) < 4.78 is 13.3. The predicted molar refractivity (Wildman–Crippen MR) is 110 cm³/mol. The number of benzene rings is 1. The number of nitrogens with one attached hydrogen (secondary N) is 1. The van der Waals surface area contributed by atoms with E-state index in [1.54, 1.807) is 18.3 Å².